The van der Waals surface area contributed by atoms with E-state index in [-0.39, 0.29) is 58.1 Å². The van der Waals surface area contributed by atoms with E-state index >= 15 is 17.6 Å². The molecule has 80 heavy (non-hydrogen) atoms. The van der Waals surface area contributed by atoms with Gasteiger partial charge < -0.3 is 59.1 Å². The van der Waals surface area contributed by atoms with Crippen molar-refractivity contribution in [2.24, 2.45) is 0 Å². The number of carbonyl (C=O) groups is 4. The van der Waals surface area contributed by atoms with Crippen LogP contribution in [0.4, 0.5) is 42.9 Å². The van der Waals surface area contributed by atoms with Gasteiger partial charge in [-0.2, -0.15) is 0 Å². The second kappa shape index (κ2) is 23.3. The van der Waals surface area contributed by atoms with Crippen LogP contribution in [0.5, 0.6) is 0 Å². The normalized spacial score (nSPS) is 21.3. The third-order valence-electron chi connectivity index (χ3n) is 16.6. The average molecular weight is 1110 g/mol. The first-order chi connectivity index (χ1) is 38.5. The number of nitrogens with one attached hydrogen (secondary N) is 4. The minimum atomic E-state index is -1.08. The lowest BCUT2D eigenvalue weighted by atomic mass is 9.89. The van der Waals surface area contributed by atoms with Crippen molar-refractivity contribution in [1.29, 1.82) is 0 Å². The first-order valence-corrected chi connectivity index (χ1v) is 27.0. The number of imidazole rings is 2. The van der Waals surface area contributed by atoms with E-state index in [9.17, 15) is 23.6 Å². The first kappa shape index (κ1) is 55.8. The molecule has 6 aromatic rings. The number of methoxy groups -OCH3 is 4. The summed E-state index contributed by atoms with van der Waals surface area (Å²) in [6, 6.07) is 9.30. The number of hydrogen-bond donors (Lipinski definition) is 4. The Kier molecular flexibility index (Phi) is 16.2. The maximum absolute atomic E-state index is 17.0. The maximum Gasteiger partial charge on any atom is 0.407 e. The summed E-state index contributed by atoms with van der Waals surface area (Å²) in [6.07, 6.45) is 0.794. The highest BCUT2D eigenvalue weighted by atomic mass is 19.1. The number of likely N-dealkylation sites (tertiary alicyclic amines) is 2. The van der Waals surface area contributed by atoms with Gasteiger partial charge in [-0.15, -0.1) is 0 Å². The number of H-pyrrole nitrogens is 2. The molecule has 0 unspecified atom stereocenters. The first-order valence-electron chi connectivity index (χ1n) is 27.0. The molecule has 426 valence electrons. The van der Waals surface area contributed by atoms with Crippen molar-refractivity contribution < 1.29 is 60.1 Å². The largest absolute Gasteiger partial charge is 0.453 e. The predicted molar refractivity (Wildman–Crippen MR) is 285 cm³/mol. The number of benzene rings is 4. The van der Waals surface area contributed by atoms with Crippen molar-refractivity contribution in [3.63, 3.8) is 0 Å². The van der Waals surface area contributed by atoms with E-state index in [4.69, 9.17) is 28.9 Å². The standard InChI is InChI=1S/C57H65F5N10O8/c1-29(77-3)49(67-56(75)79-5)54(73)70-19-7-9-47(70)52-63-41-25-35(37(59)27-43(41)65-52)45-15-16-46(72(45)34-23-39(61)51(40(62)24-34)69-21-17-32(18-22-69)31-11-13-33(58)14-12-31)36-26-42-44(28-38(36)60)66-53(64-42)48-10-8-20-71(48)55(74)50(30(2)78-4)68-57(76)80-6/h11-14,23-30,32,45-50H,7-10,15-22H2,1-6H3,(H,63,65)(H,64,66)(H,67,75)(H,68,76)/t29-,30-,45-,46-,47-,48+,49+,50+/m1/s1. The van der Waals surface area contributed by atoms with Gasteiger partial charge in [0.15, 0.2) is 11.6 Å². The zero-order valence-corrected chi connectivity index (χ0v) is 45.3. The Morgan fingerprint density at radius 2 is 1.02 bits per heavy atom. The molecule has 0 bridgehead atoms. The second-order valence-electron chi connectivity index (χ2n) is 21.1. The molecule has 4 aromatic carbocycles. The summed E-state index contributed by atoms with van der Waals surface area (Å²) in [6.45, 7) is 4.64. The number of fused-ring (bicyclic) bond motifs is 2. The summed E-state index contributed by atoms with van der Waals surface area (Å²) in [7, 11) is 5.23. The number of alkyl carbamates (subject to hydrolysis) is 2. The van der Waals surface area contributed by atoms with Crippen LogP contribution in [0.25, 0.3) is 22.1 Å². The summed E-state index contributed by atoms with van der Waals surface area (Å²) in [5.41, 5.74) is 2.44. The molecule has 18 nitrogen and oxygen atoms in total. The summed E-state index contributed by atoms with van der Waals surface area (Å²) < 4.78 is 102. The topological polar surface area (TPSA) is 200 Å². The van der Waals surface area contributed by atoms with E-state index in [2.05, 4.69) is 20.6 Å². The number of piperidine rings is 1. The fourth-order valence-electron chi connectivity index (χ4n) is 12.3. The molecule has 4 N–H and O–H groups in total. The Morgan fingerprint density at radius 1 is 0.575 bits per heavy atom. The third kappa shape index (κ3) is 10.8. The Labute approximate surface area is 458 Å². The fraction of sp³-hybridized carbons (Fsp3) is 0.474. The molecular formula is C57H65F5N10O8. The van der Waals surface area contributed by atoms with Gasteiger partial charge in [0.1, 0.15) is 46.9 Å². The van der Waals surface area contributed by atoms with Gasteiger partial charge >= 0.3 is 12.2 Å². The molecule has 0 spiro atoms. The van der Waals surface area contributed by atoms with Crippen LogP contribution in [0, 0.1) is 29.1 Å². The molecule has 4 aliphatic rings. The molecule has 4 fully saturated rings. The van der Waals surface area contributed by atoms with Gasteiger partial charge in [-0.25, -0.2) is 41.5 Å². The van der Waals surface area contributed by atoms with E-state index in [1.54, 1.807) is 57.7 Å². The zero-order valence-electron chi connectivity index (χ0n) is 45.3. The van der Waals surface area contributed by atoms with Crippen LogP contribution < -0.4 is 20.4 Å². The molecule has 0 radical (unpaired) electrons. The summed E-state index contributed by atoms with van der Waals surface area (Å²) >= 11 is 0. The Bertz CT molecular complexity index is 3100. The van der Waals surface area contributed by atoms with E-state index in [0.29, 0.717) is 87.4 Å². The molecule has 2 aromatic heterocycles. The highest BCUT2D eigenvalue weighted by molar-refractivity contribution is 5.88. The van der Waals surface area contributed by atoms with Gasteiger partial charge in [-0.3, -0.25) is 9.59 Å². The lowest BCUT2D eigenvalue weighted by molar-refractivity contribution is -0.138. The molecule has 4 saturated heterocycles. The van der Waals surface area contributed by atoms with Gasteiger partial charge in [-0.05, 0) is 113 Å². The smallest absolute Gasteiger partial charge is 0.407 e. The maximum atomic E-state index is 17.0. The number of aromatic amines is 2. The SMILES string of the molecule is COC(=O)N[C@H](C(=O)N1CCC[C@@H]1c1nc2cc(F)c([C@H]3CC[C@H](c4cc5[nH]c([C@@H]6CCCN6C(=O)[C@@H](NC(=O)OC)[C@@H](C)OC)nc5cc4F)N3c3cc(F)c(N4CCC(c5ccc(F)cc5)CC4)c(F)c3)cc2[nH]1)[C@@H](C)OC. The fourth-order valence-corrected chi connectivity index (χ4v) is 12.3. The van der Waals surface area contributed by atoms with Crippen LogP contribution in [-0.4, -0.2) is 133 Å². The van der Waals surface area contributed by atoms with Gasteiger partial charge in [0, 0.05) is 69.3 Å². The van der Waals surface area contributed by atoms with Gasteiger partial charge in [0.25, 0.3) is 0 Å². The number of ether oxygens (including phenoxy) is 4. The molecule has 23 heteroatoms. The lowest BCUT2D eigenvalue weighted by Crippen LogP contribution is -2.54. The van der Waals surface area contributed by atoms with E-state index in [1.165, 1.54) is 64.8 Å². The zero-order chi connectivity index (χ0) is 56.7. The van der Waals surface area contributed by atoms with Crippen LogP contribution in [0.3, 0.4) is 0 Å². The molecule has 4 amide bonds. The molecule has 8 atom stereocenters. The van der Waals surface area contributed by atoms with E-state index in [1.807, 2.05) is 0 Å². The van der Waals surface area contributed by atoms with Crippen LogP contribution in [0.15, 0.2) is 60.7 Å². The summed E-state index contributed by atoms with van der Waals surface area (Å²) in [5.74, 6) is -3.41. The van der Waals surface area contributed by atoms with Crippen molar-refractivity contribution in [3.05, 3.63) is 118 Å². The average Bonchev–Trinajstić information content (AvgIpc) is 4.48. The number of rotatable bonds is 15. The summed E-state index contributed by atoms with van der Waals surface area (Å²) in [4.78, 5) is 75.3. The van der Waals surface area contributed by atoms with Crippen LogP contribution >= 0.6 is 0 Å². The Morgan fingerprint density at radius 3 is 1.45 bits per heavy atom. The number of hydrogen-bond acceptors (Lipinski definition) is 12. The van der Waals surface area contributed by atoms with Crippen molar-refractivity contribution >= 4 is 57.4 Å². The predicted octanol–water partition coefficient (Wildman–Crippen LogP) is 9.45. The van der Waals surface area contributed by atoms with E-state index in [0.717, 1.165) is 5.56 Å². The third-order valence-corrected chi connectivity index (χ3v) is 16.6. The number of amides is 4. The molecule has 0 saturated carbocycles. The van der Waals surface area contributed by atoms with Crippen LogP contribution in [0.1, 0.15) is 124 Å². The molecule has 10 rings (SSSR count). The summed E-state index contributed by atoms with van der Waals surface area (Å²) in [5, 5.41) is 5.14. The monoisotopic (exact) mass is 1110 g/mol. The van der Waals surface area contributed by atoms with Crippen LogP contribution in [-0.2, 0) is 28.5 Å². The number of halogens is 5. The highest BCUT2D eigenvalue weighted by Crippen LogP contribution is 2.50. The highest BCUT2D eigenvalue weighted by Gasteiger charge is 2.43. The quantitative estimate of drug-likeness (QED) is 0.0712. The molecule has 4 aliphatic heterocycles. The van der Waals surface area contributed by atoms with E-state index < -0.39 is 95.7 Å². The number of carbonyl (C=O) groups excluding carboxylic acids is 4. The van der Waals surface area contributed by atoms with Crippen molar-refractivity contribution in [3.8, 4) is 0 Å². The lowest BCUT2D eigenvalue weighted by Gasteiger charge is -2.36. The van der Waals surface area contributed by atoms with Gasteiger partial charge in [-0.1, -0.05) is 12.1 Å². The minimum absolute atomic E-state index is 0.0491. The minimum Gasteiger partial charge on any atom is -0.453 e. The number of aromatic nitrogens is 4. The number of anilines is 2. The number of nitrogens with zero attached hydrogens (tertiary/aromatic N) is 6. The van der Waals surface area contributed by atoms with Crippen LogP contribution in [0.2, 0.25) is 0 Å². The molecule has 0 aliphatic carbocycles. The Balaban J connectivity index is 0.993. The molecule has 6 heterocycles. The second-order valence-corrected chi connectivity index (χ2v) is 21.1. The molecular weight excluding hydrogens is 1050 g/mol. The van der Waals surface area contributed by atoms with Crippen molar-refractivity contribution in [2.75, 3.05) is 64.4 Å². The Hall–Kier alpha value is -7.53. The van der Waals surface area contributed by atoms with Gasteiger partial charge in [0.05, 0.1) is 72.7 Å². The van der Waals surface area contributed by atoms with Gasteiger partial charge in [0.2, 0.25) is 11.8 Å². The van der Waals surface area contributed by atoms with Crippen molar-refractivity contribution in [2.45, 2.75) is 120 Å². The van der Waals surface area contributed by atoms with Crippen molar-refractivity contribution in [1.82, 2.24) is 40.4 Å².